The fourth-order valence-electron chi connectivity index (χ4n) is 1.15. The fraction of sp³-hybridized carbons (Fsp3) is 0.222. The highest BCUT2D eigenvalue weighted by atomic mass is 15.5. The second-order valence-electron chi connectivity index (χ2n) is 2.64. The van der Waals surface area contributed by atoms with Gasteiger partial charge < -0.3 is 0 Å². The Balaban J connectivity index is 2.47. The molecule has 0 spiro atoms. The van der Waals surface area contributed by atoms with Crippen LogP contribution in [0, 0.1) is 6.92 Å². The lowest BCUT2D eigenvalue weighted by Crippen LogP contribution is -2.00. The van der Waals surface area contributed by atoms with E-state index in [4.69, 9.17) is 0 Å². The molecule has 0 amide bonds. The van der Waals surface area contributed by atoms with Crippen molar-refractivity contribution in [2.75, 3.05) is 0 Å². The van der Waals surface area contributed by atoms with E-state index in [0.717, 1.165) is 24.0 Å². The number of aryl methyl sites for hydroxylation is 1. The van der Waals surface area contributed by atoms with Gasteiger partial charge in [0.25, 0.3) is 0 Å². The number of hydrogen-bond acceptors (Lipinski definition) is 2. The summed E-state index contributed by atoms with van der Waals surface area (Å²) in [5.41, 5.74) is 1.90. The Kier molecular flexibility index (Phi) is 1.78. The third kappa shape index (κ3) is 1.18. The van der Waals surface area contributed by atoms with Crippen LogP contribution in [0.25, 0.3) is 11.0 Å². The van der Waals surface area contributed by atoms with Gasteiger partial charge in [-0.1, -0.05) is 19.1 Å². The monoisotopic (exact) mass is 160 g/mol. The van der Waals surface area contributed by atoms with Gasteiger partial charge in [0.15, 0.2) is 0 Å². The normalized spacial score (nSPS) is 10.8. The number of rotatable bonds is 2. The Labute approximate surface area is 71.0 Å². The van der Waals surface area contributed by atoms with Crippen LogP contribution in [-0.2, 0) is 6.54 Å². The first-order valence-electron chi connectivity index (χ1n) is 3.99. The molecule has 2 aromatic rings. The summed E-state index contributed by atoms with van der Waals surface area (Å²) in [7, 11) is 0. The van der Waals surface area contributed by atoms with E-state index in [0.29, 0.717) is 0 Å². The average molecular weight is 160 g/mol. The third-order valence-corrected chi connectivity index (χ3v) is 1.69. The van der Waals surface area contributed by atoms with Crippen molar-refractivity contribution in [2.45, 2.75) is 13.0 Å². The highest BCUT2D eigenvalue weighted by Gasteiger charge is 1.98. The zero-order chi connectivity index (χ0) is 8.39. The molecule has 0 aliphatic rings. The summed E-state index contributed by atoms with van der Waals surface area (Å²) in [5.74, 6) is 0. The molecule has 0 aliphatic carbocycles. The van der Waals surface area contributed by atoms with Crippen LogP contribution in [0.4, 0.5) is 0 Å². The fourth-order valence-corrected chi connectivity index (χ4v) is 1.15. The molecule has 1 aromatic heterocycles. The standard InChI is InChI=1S/C9H10N3/c1-2-7-12-10-8-5-3-4-6-9(8)11-12/h3-6H,1-2,7H2. The van der Waals surface area contributed by atoms with Crippen LogP contribution >= 0.6 is 0 Å². The van der Waals surface area contributed by atoms with E-state index < -0.39 is 0 Å². The van der Waals surface area contributed by atoms with Gasteiger partial charge in [-0.3, -0.25) is 0 Å². The van der Waals surface area contributed by atoms with Crippen molar-refractivity contribution < 1.29 is 0 Å². The van der Waals surface area contributed by atoms with Crippen LogP contribution in [0.2, 0.25) is 0 Å². The first-order chi connectivity index (χ1) is 5.90. The molecule has 0 saturated heterocycles. The van der Waals surface area contributed by atoms with Gasteiger partial charge in [0, 0.05) is 0 Å². The van der Waals surface area contributed by atoms with Crippen LogP contribution in [0.15, 0.2) is 24.3 Å². The molecular formula is C9H10N3. The molecule has 0 fully saturated rings. The first-order valence-corrected chi connectivity index (χ1v) is 3.99. The minimum Gasteiger partial charge on any atom is -0.184 e. The number of fused-ring (bicyclic) bond motifs is 1. The molecule has 0 saturated carbocycles. The van der Waals surface area contributed by atoms with Gasteiger partial charge >= 0.3 is 0 Å². The summed E-state index contributed by atoms with van der Waals surface area (Å²) >= 11 is 0. The third-order valence-electron chi connectivity index (χ3n) is 1.69. The van der Waals surface area contributed by atoms with Gasteiger partial charge in [0.2, 0.25) is 0 Å². The predicted molar refractivity (Wildman–Crippen MR) is 47.5 cm³/mol. The van der Waals surface area contributed by atoms with E-state index in [1.165, 1.54) is 0 Å². The Morgan fingerprint density at radius 1 is 1.17 bits per heavy atom. The van der Waals surface area contributed by atoms with E-state index in [1.807, 2.05) is 24.3 Å². The summed E-state index contributed by atoms with van der Waals surface area (Å²) in [6.45, 7) is 4.54. The van der Waals surface area contributed by atoms with Crippen molar-refractivity contribution in [3.8, 4) is 0 Å². The molecule has 0 bridgehead atoms. The summed E-state index contributed by atoms with van der Waals surface area (Å²) in [5, 5.41) is 8.54. The number of aromatic nitrogens is 3. The second-order valence-corrected chi connectivity index (χ2v) is 2.64. The first kappa shape index (κ1) is 7.28. The molecule has 1 heterocycles. The average Bonchev–Trinajstić information content (AvgIpc) is 2.47. The van der Waals surface area contributed by atoms with E-state index in [9.17, 15) is 0 Å². The van der Waals surface area contributed by atoms with Gasteiger partial charge in [-0.15, -0.1) is 0 Å². The molecule has 0 aliphatic heterocycles. The molecule has 0 atom stereocenters. The minimum absolute atomic E-state index is 0.786. The lowest BCUT2D eigenvalue weighted by atomic mass is 10.3. The van der Waals surface area contributed by atoms with Crippen molar-refractivity contribution in [1.82, 2.24) is 15.0 Å². The molecular weight excluding hydrogens is 150 g/mol. The van der Waals surface area contributed by atoms with E-state index in [1.54, 1.807) is 4.80 Å². The summed E-state index contributed by atoms with van der Waals surface area (Å²) < 4.78 is 0. The topological polar surface area (TPSA) is 30.7 Å². The Morgan fingerprint density at radius 2 is 1.75 bits per heavy atom. The lowest BCUT2D eigenvalue weighted by Gasteiger charge is -1.91. The highest BCUT2D eigenvalue weighted by Crippen LogP contribution is 2.06. The molecule has 0 unspecified atom stereocenters. The second kappa shape index (κ2) is 2.93. The van der Waals surface area contributed by atoms with Crippen molar-refractivity contribution in [3.05, 3.63) is 31.2 Å². The number of benzene rings is 1. The molecule has 2 rings (SSSR count). The molecule has 12 heavy (non-hydrogen) atoms. The zero-order valence-corrected chi connectivity index (χ0v) is 6.77. The molecule has 61 valence electrons. The van der Waals surface area contributed by atoms with Gasteiger partial charge in [-0.2, -0.15) is 15.0 Å². The maximum absolute atomic E-state index is 4.27. The molecule has 3 heteroatoms. The molecule has 3 nitrogen and oxygen atoms in total. The lowest BCUT2D eigenvalue weighted by molar-refractivity contribution is 0.550. The van der Waals surface area contributed by atoms with Crippen molar-refractivity contribution in [1.29, 1.82) is 0 Å². The van der Waals surface area contributed by atoms with Crippen molar-refractivity contribution in [2.24, 2.45) is 0 Å². The Morgan fingerprint density at radius 3 is 2.25 bits per heavy atom. The number of hydrogen-bond donors (Lipinski definition) is 0. The molecule has 0 N–H and O–H groups in total. The van der Waals surface area contributed by atoms with Crippen LogP contribution in [0.1, 0.15) is 6.42 Å². The SMILES string of the molecule is [CH2]CCn1nc2ccccc2n1. The van der Waals surface area contributed by atoms with Crippen molar-refractivity contribution >= 4 is 11.0 Å². The van der Waals surface area contributed by atoms with Gasteiger partial charge in [0.05, 0.1) is 6.54 Å². The zero-order valence-electron chi connectivity index (χ0n) is 6.77. The summed E-state index contributed by atoms with van der Waals surface area (Å²) in [4.78, 5) is 1.69. The van der Waals surface area contributed by atoms with Gasteiger partial charge in [0.1, 0.15) is 11.0 Å². The Hall–Kier alpha value is -1.38. The highest BCUT2D eigenvalue weighted by molar-refractivity contribution is 5.72. The number of nitrogens with zero attached hydrogens (tertiary/aromatic N) is 3. The minimum atomic E-state index is 0.786. The maximum atomic E-state index is 4.27. The van der Waals surface area contributed by atoms with Crippen molar-refractivity contribution in [3.63, 3.8) is 0 Å². The van der Waals surface area contributed by atoms with Crippen LogP contribution < -0.4 is 0 Å². The van der Waals surface area contributed by atoms with Gasteiger partial charge in [-0.05, 0) is 18.6 Å². The van der Waals surface area contributed by atoms with E-state index >= 15 is 0 Å². The quantitative estimate of drug-likeness (QED) is 0.668. The molecule has 1 radical (unpaired) electrons. The van der Waals surface area contributed by atoms with Gasteiger partial charge in [-0.25, -0.2) is 0 Å². The van der Waals surface area contributed by atoms with E-state index in [2.05, 4.69) is 17.1 Å². The largest absolute Gasteiger partial charge is 0.184 e. The summed E-state index contributed by atoms with van der Waals surface area (Å²) in [6.07, 6.45) is 0.820. The smallest absolute Gasteiger partial charge is 0.113 e. The predicted octanol–water partition coefficient (Wildman–Crippen LogP) is 1.66. The van der Waals surface area contributed by atoms with Crippen LogP contribution in [0.3, 0.4) is 0 Å². The van der Waals surface area contributed by atoms with Crippen LogP contribution in [0.5, 0.6) is 0 Å². The molecule has 1 aromatic carbocycles. The summed E-state index contributed by atoms with van der Waals surface area (Å²) in [6, 6.07) is 7.85. The van der Waals surface area contributed by atoms with Crippen LogP contribution in [-0.4, -0.2) is 15.0 Å². The Bertz CT molecular complexity index is 345. The maximum Gasteiger partial charge on any atom is 0.113 e. The van der Waals surface area contributed by atoms with E-state index in [-0.39, 0.29) is 0 Å².